The fourth-order valence-electron chi connectivity index (χ4n) is 1.97. The van der Waals surface area contributed by atoms with Crippen molar-refractivity contribution in [3.8, 4) is 0 Å². The number of anilines is 1. The number of hydrogen-bond donors (Lipinski definition) is 1. The van der Waals surface area contributed by atoms with Gasteiger partial charge in [0.1, 0.15) is 0 Å². The van der Waals surface area contributed by atoms with Gasteiger partial charge in [0.05, 0.1) is 5.25 Å². The Morgan fingerprint density at radius 1 is 1.00 bits per heavy atom. The summed E-state index contributed by atoms with van der Waals surface area (Å²) in [5, 5.41) is 3.48. The number of amides is 1. The highest BCUT2D eigenvalue weighted by Gasteiger charge is 2.14. The summed E-state index contributed by atoms with van der Waals surface area (Å²) in [5.74, 6) is 0.487. The number of carbonyl (C=O) groups excluding carboxylic acids is 1. The maximum atomic E-state index is 12.2. The van der Waals surface area contributed by atoms with E-state index >= 15 is 0 Å². The van der Waals surface area contributed by atoms with E-state index in [1.54, 1.807) is 0 Å². The molecule has 0 unspecified atom stereocenters. The Morgan fingerprint density at radius 3 is 2.14 bits per heavy atom. The predicted octanol–water partition coefficient (Wildman–Crippen LogP) is 5.58. The number of benzene rings is 2. The average molecular weight is 334 g/mol. The Labute approximate surface area is 141 Å². The van der Waals surface area contributed by atoms with E-state index in [-0.39, 0.29) is 11.2 Å². The average Bonchev–Trinajstić information content (AvgIpc) is 2.50. The van der Waals surface area contributed by atoms with Crippen LogP contribution in [0.1, 0.15) is 32.3 Å². The van der Waals surface area contributed by atoms with Crippen molar-refractivity contribution in [1.29, 1.82) is 0 Å². The van der Waals surface area contributed by atoms with Crippen LogP contribution in [0.4, 0.5) is 5.69 Å². The zero-order chi connectivity index (χ0) is 16.1. The molecule has 1 N–H and O–H groups in total. The molecule has 0 fully saturated rings. The van der Waals surface area contributed by atoms with Crippen LogP contribution in [-0.2, 0) is 4.79 Å². The third-order valence-corrected chi connectivity index (χ3v) is 4.70. The minimum absolute atomic E-state index is 0.00255. The summed E-state index contributed by atoms with van der Waals surface area (Å²) in [5.41, 5.74) is 2.10. The van der Waals surface area contributed by atoms with Crippen LogP contribution in [0.25, 0.3) is 0 Å². The number of hydrogen-bond acceptors (Lipinski definition) is 2. The van der Waals surface area contributed by atoms with Gasteiger partial charge in [0.2, 0.25) is 5.91 Å². The highest BCUT2D eigenvalue weighted by Crippen LogP contribution is 2.26. The van der Waals surface area contributed by atoms with Gasteiger partial charge in [0, 0.05) is 15.6 Å². The van der Waals surface area contributed by atoms with Gasteiger partial charge >= 0.3 is 0 Å². The molecule has 1 amide bonds. The summed E-state index contributed by atoms with van der Waals surface area (Å²) in [7, 11) is 0. The number of halogens is 1. The van der Waals surface area contributed by atoms with Crippen LogP contribution in [0.3, 0.4) is 0 Å². The van der Waals surface area contributed by atoms with E-state index in [1.807, 2.05) is 43.3 Å². The van der Waals surface area contributed by atoms with Crippen LogP contribution in [0.5, 0.6) is 0 Å². The number of thioether (sulfide) groups is 1. The van der Waals surface area contributed by atoms with Crippen LogP contribution < -0.4 is 5.32 Å². The third-order valence-electron chi connectivity index (χ3n) is 3.34. The van der Waals surface area contributed by atoms with Crippen LogP contribution >= 0.6 is 23.4 Å². The van der Waals surface area contributed by atoms with Crippen LogP contribution in [0.2, 0.25) is 5.02 Å². The van der Waals surface area contributed by atoms with Gasteiger partial charge in [-0.3, -0.25) is 4.79 Å². The van der Waals surface area contributed by atoms with E-state index in [4.69, 9.17) is 11.6 Å². The summed E-state index contributed by atoms with van der Waals surface area (Å²) in [6.45, 7) is 6.20. The second-order valence-electron chi connectivity index (χ2n) is 5.48. The summed E-state index contributed by atoms with van der Waals surface area (Å²) < 4.78 is 0. The van der Waals surface area contributed by atoms with Gasteiger partial charge in [0.25, 0.3) is 0 Å². The SMILES string of the molecule is CC(C)c1ccc(NC(=O)[C@@H](C)Sc2ccc(Cl)cc2)cc1. The van der Waals surface area contributed by atoms with Crippen LogP contribution in [-0.4, -0.2) is 11.2 Å². The van der Waals surface area contributed by atoms with Gasteiger partial charge < -0.3 is 5.32 Å². The van der Waals surface area contributed by atoms with Crippen molar-refractivity contribution in [2.45, 2.75) is 36.8 Å². The van der Waals surface area contributed by atoms with Gasteiger partial charge in [-0.2, -0.15) is 0 Å². The lowest BCUT2D eigenvalue weighted by Crippen LogP contribution is -2.22. The molecule has 0 bridgehead atoms. The molecule has 0 spiro atoms. The molecule has 0 radical (unpaired) electrons. The lowest BCUT2D eigenvalue weighted by atomic mass is 10.0. The van der Waals surface area contributed by atoms with Crippen molar-refractivity contribution >= 4 is 35.0 Å². The van der Waals surface area contributed by atoms with Gasteiger partial charge in [-0.15, -0.1) is 11.8 Å². The Morgan fingerprint density at radius 2 is 1.59 bits per heavy atom. The van der Waals surface area contributed by atoms with Crippen LogP contribution in [0, 0.1) is 0 Å². The summed E-state index contributed by atoms with van der Waals surface area (Å²) in [6, 6.07) is 15.5. The van der Waals surface area contributed by atoms with Gasteiger partial charge in [-0.25, -0.2) is 0 Å². The molecule has 22 heavy (non-hydrogen) atoms. The third kappa shape index (κ3) is 4.79. The second-order valence-corrected chi connectivity index (χ2v) is 7.33. The molecular weight excluding hydrogens is 314 g/mol. The molecule has 116 valence electrons. The molecule has 1 atom stereocenters. The lowest BCUT2D eigenvalue weighted by molar-refractivity contribution is -0.115. The molecular formula is C18H20ClNOS. The zero-order valence-corrected chi connectivity index (χ0v) is 14.5. The molecule has 0 aliphatic carbocycles. The summed E-state index contributed by atoms with van der Waals surface area (Å²) >= 11 is 7.38. The van der Waals surface area contributed by atoms with E-state index < -0.39 is 0 Å². The first-order valence-electron chi connectivity index (χ1n) is 7.29. The lowest BCUT2D eigenvalue weighted by Gasteiger charge is -2.13. The summed E-state index contributed by atoms with van der Waals surface area (Å²) in [6.07, 6.45) is 0. The standard InChI is InChI=1S/C18H20ClNOS/c1-12(2)14-4-8-16(9-5-14)20-18(21)13(3)22-17-10-6-15(19)7-11-17/h4-13H,1-3H3,(H,20,21)/t13-/m1/s1. The molecule has 2 nitrogen and oxygen atoms in total. The Bertz CT molecular complexity index is 623. The molecule has 0 saturated carbocycles. The number of rotatable bonds is 5. The van der Waals surface area contributed by atoms with Crippen molar-refractivity contribution in [3.05, 3.63) is 59.1 Å². The van der Waals surface area contributed by atoms with E-state index in [0.29, 0.717) is 10.9 Å². The predicted molar refractivity (Wildman–Crippen MR) is 95.9 cm³/mol. The highest BCUT2D eigenvalue weighted by molar-refractivity contribution is 8.00. The quantitative estimate of drug-likeness (QED) is 0.723. The Balaban J connectivity index is 1.94. The van der Waals surface area contributed by atoms with Crippen molar-refractivity contribution in [1.82, 2.24) is 0 Å². The molecule has 0 aliphatic heterocycles. The maximum Gasteiger partial charge on any atom is 0.237 e. The molecule has 2 aromatic carbocycles. The maximum absolute atomic E-state index is 12.2. The van der Waals surface area contributed by atoms with Gasteiger partial charge in [-0.1, -0.05) is 37.6 Å². The fourth-order valence-corrected chi connectivity index (χ4v) is 2.96. The molecule has 2 rings (SSSR count). The number of carbonyl (C=O) groups is 1. The first kappa shape index (κ1) is 16.9. The fraction of sp³-hybridized carbons (Fsp3) is 0.278. The highest BCUT2D eigenvalue weighted by atomic mass is 35.5. The minimum Gasteiger partial charge on any atom is -0.325 e. The molecule has 2 aromatic rings. The van der Waals surface area contributed by atoms with Crippen molar-refractivity contribution in [2.75, 3.05) is 5.32 Å². The van der Waals surface area contributed by atoms with Gasteiger partial charge in [0.15, 0.2) is 0 Å². The Kier molecular flexibility index (Phi) is 5.92. The van der Waals surface area contributed by atoms with E-state index in [1.165, 1.54) is 17.3 Å². The zero-order valence-electron chi connectivity index (χ0n) is 13.0. The number of nitrogens with one attached hydrogen (secondary N) is 1. The summed E-state index contributed by atoms with van der Waals surface area (Å²) in [4.78, 5) is 13.3. The van der Waals surface area contributed by atoms with Crippen molar-refractivity contribution in [2.24, 2.45) is 0 Å². The first-order chi connectivity index (χ1) is 10.5. The second kappa shape index (κ2) is 7.70. The largest absolute Gasteiger partial charge is 0.325 e. The Hall–Kier alpha value is -1.45. The van der Waals surface area contributed by atoms with E-state index in [2.05, 4.69) is 31.3 Å². The van der Waals surface area contributed by atoms with E-state index in [0.717, 1.165) is 10.6 Å². The normalized spacial score (nSPS) is 12.2. The molecule has 0 aromatic heterocycles. The minimum atomic E-state index is -0.175. The molecule has 0 heterocycles. The smallest absolute Gasteiger partial charge is 0.237 e. The first-order valence-corrected chi connectivity index (χ1v) is 8.54. The van der Waals surface area contributed by atoms with E-state index in [9.17, 15) is 4.79 Å². The van der Waals surface area contributed by atoms with Crippen molar-refractivity contribution in [3.63, 3.8) is 0 Å². The molecule has 0 aliphatic rings. The topological polar surface area (TPSA) is 29.1 Å². The van der Waals surface area contributed by atoms with Gasteiger partial charge in [-0.05, 0) is 54.8 Å². The molecule has 4 heteroatoms. The van der Waals surface area contributed by atoms with Crippen LogP contribution in [0.15, 0.2) is 53.4 Å². The molecule has 0 saturated heterocycles. The monoisotopic (exact) mass is 333 g/mol. The van der Waals surface area contributed by atoms with Crippen molar-refractivity contribution < 1.29 is 4.79 Å².